The average molecular weight is 587 g/mol. The number of unbranched alkanes of at least 4 members (excludes halogenated alkanes) is 5. The maximum atomic E-state index is 14.2. The van der Waals surface area contributed by atoms with E-state index in [9.17, 15) is 24.0 Å². The highest BCUT2D eigenvalue weighted by atomic mass is 16.6. The van der Waals surface area contributed by atoms with Crippen LogP contribution in [0.1, 0.15) is 96.2 Å². The smallest absolute Gasteiger partial charge is 0.408 e. The molecule has 1 rings (SSSR count). The maximum Gasteiger partial charge on any atom is 0.408 e. The number of carbonyl (C=O) groups is 5. The van der Waals surface area contributed by atoms with Crippen LogP contribution in [0.15, 0.2) is 24.3 Å². The Morgan fingerprint density at radius 1 is 1.02 bits per heavy atom. The van der Waals surface area contributed by atoms with Gasteiger partial charge in [-0.25, -0.2) is 4.79 Å². The van der Waals surface area contributed by atoms with Crippen molar-refractivity contribution in [3.8, 4) is 12.3 Å². The lowest BCUT2D eigenvalue weighted by Gasteiger charge is -2.34. The van der Waals surface area contributed by atoms with Crippen LogP contribution < -0.4 is 16.4 Å². The number of benzene rings is 1. The van der Waals surface area contributed by atoms with Crippen molar-refractivity contribution < 1.29 is 33.4 Å². The van der Waals surface area contributed by atoms with Crippen LogP contribution in [-0.2, 0) is 28.7 Å². The third-order valence-electron chi connectivity index (χ3n) is 6.29. The predicted molar refractivity (Wildman–Crippen MR) is 159 cm³/mol. The van der Waals surface area contributed by atoms with Gasteiger partial charge in [-0.05, 0) is 51.3 Å². The van der Waals surface area contributed by atoms with Crippen molar-refractivity contribution in [1.82, 2.24) is 15.5 Å². The second-order valence-corrected chi connectivity index (χ2v) is 11.0. The lowest BCUT2D eigenvalue weighted by Crippen LogP contribution is -2.53. The average Bonchev–Trinajstić information content (AvgIpc) is 2.93. The van der Waals surface area contributed by atoms with Gasteiger partial charge in [-0.3, -0.25) is 19.2 Å². The van der Waals surface area contributed by atoms with Gasteiger partial charge in [0, 0.05) is 18.5 Å². The van der Waals surface area contributed by atoms with E-state index >= 15 is 0 Å². The highest BCUT2D eigenvalue weighted by Gasteiger charge is 2.36. The topological polar surface area (TPSA) is 157 Å². The van der Waals surface area contributed by atoms with Gasteiger partial charge in [0.15, 0.2) is 0 Å². The monoisotopic (exact) mass is 586 g/mol. The van der Waals surface area contributed by atoms with Crippen LogP contribution in [0, 0.1) is 12.3 Å². The van der Waals surface area contributed by atoms with E-state index < -0.39 is 54.0 Å². The summed E-state index contributed by atoms with van der Waals surface area (Å²) in [5, 5.41) is 5.10. The molecule has 1 aromatic carbocycles. The number of hydrogen-bond donors (Lipinski definition) is 3. The van der Waals surface area contributed by atoms with Gasteiger partial charge in [0.1, 0.15) is 24.2 Å². The molecular weight excluding hydrogens is 540 g/mol. The van der Waals surface area contributed by atoms with Gasteiger partial charge in [-0.15, -0.1) is 6.42 Å². The van der Waals surface area contributed by atoms with E-state index in [0.29, 0.717) is 17.5 Å². The van der Waals surface area contributed by atoms with Gasteiger partial charge in [-0.1, -0.05) is 57.1 Å². The van der Waals surface area contributed by atoms with Crippen LogP contribution in [0.4, 0.5) is 4.79 Å². The van der Waals surface area contributed by atoms with Crippen LogP contribution >= 0.6 is 0 Å². The Hall–Kier alpha value is -4.07. The summed E-state index contributed by atoms with van der Waals surface area (Å²) in [4.78, 5) is 65.3. The maximum absolute atomic E-state index is 14.2. The molecule has 2 atom stereocenters. The molecule has 4 N–H and O–H groups in total. The summed E-state index contributed by atoms with van der Waals surface area (Å²) in [5.74, 6) is -0.0256. The van der Waals surface area contributed by atoms with Crippen LogP contribution in [0.25, 0.3) is 0 Å². The van der Waals surface area contributed by atoms with Gasteiger partial charge >= 0.3 is 12.1 Å². The van der Waals surface area contributed by atoms with Crippen LogP contribution in [0.5, 0.6) is 0 Å². The number of ether oxygens (including phenoxy) is 2. The second kappa shape index (κ2) is 18.4. The fraction of sp³-hybridized carbons (Fsp3) is 0.581. The van der Waals surface area contributed by atoms with Crippen molar-refractivity contribution in [1.29, 1.82) is 0 Å². The molecule has 0 heterocycles. The number of methoxy groups -OCH3 is 1. The van der Waals surface area contributed by atoms with Crippen LogP contribution in [0.3, 0.4) is 0 Å². The highest BCUT2D eigenvalue weighted by Crippen LogP contribution is 2.25. The molecule has 0 aliphatic rings. The number of nitrogens with two attached hydrogens (primary N) is 1. The number of carbonyl (C=O) groups excluding carboxylic acids is 5. The van der Waals surface area contributed by atoms with Crippen molar-refractivity contribution in [2.75, 3.05) is 20.2 Å². The lowest BCUT2D eigenvalue weighted by atomic mass is 9.99. The van der Waals surface area contributed by atoms with E-state index in [1.165, 1.54) is 12.0 Å². The van der Waals surface area contributed by atoms with Crippen molar-refractivity contribution >= 4 is 29.8 Å². The van der Waals surface area contributed by atoms with E-state index in [0.717, 1.165) is 32.1 Å². The Bertz CT molecular complexity index is 1090. The Morgan fingerprint density at radius 2 is 1.64 bits per heavy atom. The van der Waals surface area contributed by atoms with Crippen LogP contribution in [-0.4, -0.2) is 66.5 Å². The first kappa shape index (κ1) is 36.0. The molecular formula is C31H46N4O7. The van der Waals surface area contributed by atoms with Crippen molar-refractivity contribution in [3.63, 3.8) is 0 Å². The van der Waals surface area contributed by atoms with E-state index in [-0.39, 0.29) is 19.4 Å². The largest absolute Gasteiger partial charge is 0.468 e. The number of alkyl carbamates (subject to hydrolysis) is 1. The van der Waals surface area contributed by atoms with E-state index in [4.69, 9.17) is 16.9 Å². The van der Waals surface area contributed by atoms with Crippen molar-refractivity contribution in [2.24, 2.45) is 5.73 Å². The van der Waals surface area contributed by atoms with Gasteiger partial charge in [0.2, 0.25) is 17.7 Å². The molecule has 4 amide bonds. The van der Waals surface area contributed by atoms with Gasteiger partial charge < -0.3 is 30.7 Å². The van der Waals surface area contributed by atoms with Gasteiger partial charge in [0.25, 0.3) is 0 Å². The predicted octanol–water partition coefficient (Wildman–Crippen LogP) is 3.35. The summed E-state index contributed by atoms with van der Waals surface area (Å²) in [7, 11) is 1.20. The number of primary amides is 1. The number of hydrogen-bond acceptors (Lipinski definition) is 7. The van der Waals surface area contributed by atoms with Crippen molar-refractivity contribution in [2.45, 2.75) is 96.7 Å². The summed E-state index contributed by atoms with van der Waals surface area (Å²) in [5.41, 5.74) is 5.55. The normalized spacial score (nSPS) is 12.3. The SMILES string of the molecule is C#Cc1ccc(C(C(=O)NCC(=O)OC)N(CCCCCCCC)C(=O)C(CCC(N)=O)NC(=O)OC(C)(C)C)cc1. The summed E-state index contributed by atoms with van der Waals surface area (Å²) in [6.45, 7) is 6.92. The zero-order valence-corrected chi connectivity index (χ0v) is 25.5. The Labute approximate surface area is 249 Å². The quantitative estimate of drug-likeness (QED) is 0.144. The van der Waals surface area contributed by atoms with Gasteiger partial charge in [0.05, 0.1) is 7.11 Å². The second-order valence-electron chi connectivity index (χ2n) is 11.0. The fourth-order valence-corrected chi connectivity index (χ4v) is 4.19. The van der Waals surface area contributed by atoms with Crippen LogP contribution in [0.2, 0.25) is 0 Å². The third kappa shape index (κ3) is 13.5. The van der Waals surface area contributed by atoms with E-state index in [1.54, 1.807) is 45.0 Å². The Kier molecular flexibility index (Phi) is 15.7. The fourth-order valence-electron chi connectivity index (χ4n) is 4.19. The molecule has 232 valence electrons. The number of nitrogens with one attached hydrogen (secondary N) is 2. The first-order valence-electron chi connectivity index (χ1n) is 14.3. The summed E-state index contributed by atoms with van der Waals surface area (Å²) in [6, 6.07) is 4.17. The Balaban J connectivity index is 3.51. The minimum absolute atomic E-state index is 0.104. The molecule has 0 aliphatic heterocycles. The number of nitrogens with zero attached hydrogens (tertiary/aromatic N) is 1. The molecule has 0 bridgehead atoms. The molecule has 0 aromatic heterocycles. The molecule has 0 saturated carbocycles. The highest BCUT2D eigenvalue weighted by molar-refractivity contribution is 5.93. The number of rotatable bonds is 17. The molecule has 0 spiro atoms. The minimum Gasteiger partial charge on any atom is -0.468 e. The molecule has 0 aliphatic carbocycles. The number of esters is 1. The van der Waals surface area contributed by atoms with Gasteiger partial charge in [-0.2, -0.15) is 0 Å². The third-order valence-corrected chi connectivity index (χ3v) is 6.29. The summed E-state index contributed by atoms with van der Waals surface area (Å²) in [6.07, 6.45) is 9.92. The standard InChI is InChI=1S/C31H46N4O7/c1-7-9-10-11-12-13-20-35(29(39)24(18-19-25(32)36)34-30(40)42-31(3,4)5)27(28(38)33-21-26(37)41-6)23-16-14-22(8-2)15-17-23/h2,14-17,24,27H,7,9-13,18-21H2,1,3-6H3,(H2,32,36)(H,33,38)(H,34,40). The molecule has 11 heteroatoms. The zero-order chi connectivity index (χ0) is 31.7. The molecule has 0 radical (unpaired) electrons. The zero-order valence-electron chi connectivity index (χ0n) is 25.5. The molecule has 0 fully saturated rings. The summed E-state index contributed by atoms with van der Waals surface area (Å²) < 4.78 is 10.0. The number of amides is 4. The Morgan fingerprint density at radius 3 is 2.19 bits per heavy atom. The molecule has 1 aromatic rings. The van der Waals surface area contributed by atoms with E-state index in [2.05, 4.69) is 28.2 Å². The summed E-state index contributed by atoms with van der Waals surface area (Å²) >= 11 is 0. The number of terminal acetylenes is 1. The lowest BCUT2D eigenvalue weighted by molar-refractivity contribution is -0.145. The first-order valence-corrected chi connectivity index (χ1v) is 14.3. The minimum atomic E-state index is -1.21. The first-order chi connectivity index (χ1) is 19.8. The molecule has 42 heavy (non-hydrogen) atoms. The van der Waals surface area contributed by atoms with E-state index in [1.807, 2.05) is 0 Å². The molecule has 11 nitrogen and oxygen atoms in total. The van der Waals surface area contributed by atoms with Crippen molar-refractivity contribution in [3.05, 3.63) is 35.4 Å². The molecule has 2 unspecified atom stereocenters. The molecule has 0 saturated heterocycles.